The highest BCUT2D eigenvalue weighted by atomic mass is 19.1. The zero-order chi connectivity index (χ0) is 11.7. The maximum atomic E-state index is 13.3. The molecule has 1 aliphatic carbocycles. The van der Waals surface area contributed by atoms with Crippen LogP contribution in [0.1, 0.15) is 30.1 Å². The van der Waals surface area contributed by atoms with Gasteiger partial charge in [0, 0.05) is 6.04 Å². The molecule has 0 heterocycles. The first-order valence-electron chi connectivity index (χ1n) is 5.34. The molecular formula is C12H13F2NO. The maximum Gasteiger partial charge on any atom is 0.257 e. The number of hydrogen-bond acceptors (Lipinski definition) is 1. The number of hydrogen-bond donors (Lipinski definition) is 1. The molecule has 2 rings (SSSR count). The van der Waals surface area contributed by atoms with E-state index in [0.29, 0.717) is 5.92 Å². The molecule has 1 aromatic carbocycles. The van der Waals surface area contributed by atoms with Gasteiger partial charge in [0.05, 0.1) is 0 Å². The van der Waals surface area contributed by atoms with Crippen molar-refractivity contribution in [2.45, 2.75) is 25.8 Å². The molecule has 1 atom stereocenters. The van der Waals surface area contributed by atoms with Crippen molar-refractivity contribution in [2.24, 2.45) is 5.92 Å². The number of halogens is 2. The normalized spacial score (nSPS) is 16.9. The lowest BCUT2D eigenvalue weighted by atomic mass is 10.1. The molecule has 0 bridgehead atoms. The molecule has 86 valence electrons. The van der Waals surface area contributed by atoms with E-state index in [1.807, 2.05) is 6.92 Å². The quantitative estimate of drug-likeness (QED) is 0.841. The van der Waals surface area contributed by atoms with Crippen LogP contribution in [0.4, 0.5) is 8.78 Å². The van der Waals surface area contributed by atoms with E-state index in [0.717, 1.165) is 25.0 Å². The number of nitrogens with one attached hydrogen (secondary N) is 1. The molecule has 2 nitrogen and oxygen atoms in total. The third kappa shape index (κ3) is 2.21. The van der Waals surface area contributed by atoms with Crippen molar-refractivity contribution in [1.29, 1.82) is 0 Å². The van der Waals surface area contributed by atoms with Crippen LogP contribution in [0.5, 0.6) is 0 Å². The number of amides is 1. The van der Waals surface area contributed by atoms with Crippen LogP contribution in [0.2, 0.25) is 0 Å². The van der Waals surface area contributed by atoms with Crippen molar-refractivity contribution in [2.75, 3.05) is 0 Å². The zero-order valence-corrected chi connectivity index (χ0v) is 8.97. The minimum Gasteiger partial charge on any atom is -0.349 e. The van der Waals surface area contributed by atoms with Gasteiger partial charge in [0.1, 0.15) is 17.2 Å². The molecule has 4 heteroatoms. The summed E-state index contributed by atoms with van der Waals surface area (Å²) < 4.78 is 26.5. The van der Waals surface area contributed by atoms with E-state index in [4.69, 9.17) is 0 Å². The van der Waals surface area contributed by atoms with E-state index in [1.54, 1.807) is 0 Å². The van der Waals surface area contributed by atoms with E-state index in [2.05, 4.69) is 5.32 Å². The van der Waals surface area contributed by atoms with Gasteiger partial charge in [-0.1, -0.05) is 6.07 Å². The molecule has 1 aliphatic rings. The van der Waals surface area contributed by atoms with Crippen LogP contribution in [0.15, 0.2) is 18.2 Å². The van der Waals surface area contributed by atoms with Crippen LogP contribution in [-0.4, -0.2) is 11.9 Å². The Kier molecular flexibility index (Phi) is 2.90. The topological polar surface area (TPSA) is 29.1 Å². The van der Waals surface area contributed by atoms with Crippen LogP contribution in [0, 0.1) is 17.6 Å². The zero-order valence-electron chi connectivity index (χ0n) is 8.97. The molecule has 1 saturated carbocycles. The largest absolute Gasteiger partial charge is 0.349 e. The predicted molar refractivity (Wildman–Crippen MR) is 56.0 cm³/mol. The molecule has 1 amide bonds. The molecule has 0 aromatic heterocycles. The molecule has 0 spiro atoms. The standard InChI is InChI=1S/C12H13F2NO/c1-7(8-5-6-8)15-12(16)11-9(13)3-2-4-10(11)14/h2-4,7-8H,5-6H2,1H3,(H,15,16)/t7-/m0/s1. The van der Waals surface area contributed by atoms with E-state index in [-0.39, 0.29) is 6.04 Å². The summed E-state index contributed by atoms with van der Waals surface area (Å²) in [5, 5.41) is 2.62. The number of benzene rings is 1. The lowest BCUT2D eigenvalue weighted by molar-refractivity contribution is 0.0927. The number of carbonyl (C=O) groups is 1. The lowest BCUT2D eigenvalue weighted by Crippen LogP contribution is -2.35. The van der Waals surface area contributed by atoms with Crippen molar-refractivity contribution >= 4 is 5.91 Å². The summed E-state index contributed by atoms with van der Waals surface area (Å²) in [6.07, 6.45) is 2.14. The second kappa shape index (κ2) is 4.20. The molecule has 0 aliphatic heterocycles. The first-order chi connectivity index (χ1) is 7.59. The summed E-state index contributed by atoms with van der Waals surface area (Å²) in [6, 6.07) is 3.39. The molecule has 1 fully saturated rings. The Bertz CT molecular complexity index is 395. The summed E-state index contributed by atoms with van der Waals surface area (Å²) in [5.74, 6) is -1.85. The van der Waals surface area contributed by atoms with E-state index in [9.17, 15) is 13.6 Å². The number of carbonyl (C=O) groups excluding carboxylic acids is 1. The third-order valence-electron chi connectivity index (χ3n) is 2.88. The van der Waals surface area contributed by atoms with Gasteiger partial charge in [0.2, 0.25) is 0 Å². The van der Waals surface area contributed by atoms with Crippen LogP contribution in [0.3, 0.4) is 0 Å². The third-order valence-corrected chi connectivity index (χ3v) is 2.88. The highest BCUT2D eigenvalue weighted by Crippen LogP contribution is 2.32. The summed E-state index contributed by atoms with van der Waals surface area (Å²) in [6.45, 7) is 1.86. The average molecular weight is 225 g/mol. The molecule has 0 radical (unpaired) electrons. The summed E-state index contributed by atoms with van der Waals surface area (Å²) in [4.78, 5) is 11.6. The molecular weight excluding hydrogens is 212 g/mol. The average Bonchev–Trinajstić information content (AvgIpc) is 2.99. The van der Waals surface area contributed by atoms with Crippen LogP contribution in [-0.2, 0) is 0 Å². The van der Waals surface area contributed by atoms with Gasteiger partial charge < -0.3 is 5.32 Å². The van der Waals surface area contributed by atoms with E-state index >= 15 is 0 Å². The minimum atomic E-state index is -0.819. The highest BCUT2D eigenvalue weighted by molar-refractivity contribution is 5.94. The maximum absolute atomic E-state index is 13.3. The van der Waals surface area contributed by atoms with Gasteiger partial charge in [-0.15, -0.1) is 0 Å². The second-order valence-electron chi connectivity index (χ2n) is 4.20. The Hall–Kier alpha value is -1.45. The summed E-state index contributed by atoms with van der Waals surface area (Å²) in [5.41, 5.74) is -0.491. The van der Waals surface area contributed by atoms with Gasteiger partial charge in [-0.05, 0) is 37.8 Å². The van der Waals surface area contributed by atoms with E-state index in [1.165, 1.54) is 6.07 Å². The Morgan fingerprint density at radius 2 is 1.94 bits per heavy atom. The predicted octanol–water partition coefficient (Wildman–Crippen LogP) is 2.49. The molecule has 1 aromatic rings. The van der Waals surface area contributed by atoms with Gasteiger partial charge in [-0.3, -0.25) is 4.79 Å². The summed E-state index contributed by atoms with van der Waals surface area (Å²) in [7, 11) is 0. The fraction of sp³-hybridized carbons (Fsp3) is 0.417. The van der Waals surface area contributed by atoms with Gasteiger partial charge in [-0.25, -0.2) is 8.78 Å². The van der Waals surface area contributed by atoms with E-state index < -0.39 is 23.1 Å². The lowest BCUT2D eigenvalue weighted by Gasteiger charge is -2.13. The Morgan fingerprint density at radius 3 is 2.44 bits per heavy atom. The molecule has 1 N–H and O–H groups in total. The van der Waals surface area contributed by atoms with Gasteiger partial charge >= 0.3 is 0 Å². The van der Waals surface area contributed by atoms with Crippen LogP contribution < -0.4 is 5.32 Å². The molecule has 0 unspecified atom stereocenters. The van der Waals surface area contributed by atoms with Gasteiger partial charge in [0.15, 0.2) is 0 Å². The Labute approximate surface area is 92.7 Å². The van der Waals surface area contributed by atoms with Crippen molar-refractivity contribution < 1.29 is 13.6 Å². The first-order valence-corrected chi connectivity index (χ1v) is 5.34. The molecule has 16 heavy (non-hydrogen) atoms. The van der Waals surface area contributed by atoms with Crippen molar-refractivity contribution in [3.8, 4) is 0 Å². The van der Waals surface area contributed by atoms with Crippen molar-refractivity contribution in [1.82, 2.24) is 5.32 Å². The second-order valence-corrected chi connectivity index (χ2v) is 4.20. The van der Waals surface area contributed by atoms with Gasteiger partial charge in [0.25, 0.3) is 5.91 Å². The number of rotatable bonds is 3. The van der Waals surface area contributed by atoms with Crippen LogP contribution in [0.25, 0.3) is 0 Å². The van der Waals surface area contributed by atoms with Crippen molar-refractivity contribution in [3.63, 3.8) is 0 Å². The fourth-order valence-electron chi connectivity index (χ4n) is 1.71. The fourth-order valence-corrected chi connectivity index (χ4v) is 1.71. The Balaban J connectivity index is 2.13. The summed E-state index contributed by atoms with van der Waals surface area (Å²) >= 11 is 0. The van der Waals surface area contributed by atoms with Crippen molar-refractivity contribution in [3.05, 3.63) is 35.4 Å². The first kappa shape index (κ1) is 11.0. The smallest absolute Gasteiger partial charge is 0.257 e. The highest BCUT2D eigenvalue weighted by Gasteiger charge is 2.30. The monoisotopic (exact) mass is 225 g/mol. The Morgan fingerprint density at radius 1 is 1.38 bits per heavy atom. The van der Waals surface area contributed by atoms with Gasteiger partial charge in [-0.2, -0.15) is 0 Å². The molecule has 0 saturated heterocycles. The van der Waals surface area contributed by atoms with Crippen LogP contribution >= 0.6 is 0 Å². The minimum absolute atomic E-state index is 0.0218. The SMILES string of the molecule is C[C@H](NC(=O)c1c(F)cccc1F)C1CC1.